The summed E-state index contributed by atoms with van der Waals surface area (Å²) in [4.78, 5) is 24.8. The molecule has 0 aromatic heterocycles. The Bertz CT molecular complexity index is 1180. The molecule has 33 heavy (non-hydrogen) atoms. The first-order chi connectivity index (χ1) is 16.0. The predicted octanol–water partition coefficient (Wildman–Crippen LogP) is 5.89. The summed E-state index contributed by atoms with van der Waals surface area (Å²) in [6.45, 7) is 2.64. The molecule has 0 aliphatic heterocycles. The second kappa shape index (κ2) is 11.5. The number of amides is 1. The van der Waals surface area contributed by atoms with Crippen molar-refractivity contribution in [2.24, 2.45) is 0 Å². The minimum atomic E-state index is -0.790. The quantitative estimate of drug-likeness (QED) is 0.196. The second-order valence-electron chi connectivity index (χ2n) is 6.96. The van der Waals surface area contributed by atoms with Gasteiger partial charge >= 0.3 is 5.97 Å². The number of carbonyl (C=O) groups is 2. The van der Waals surface area contributed by atoms with Crippen molar-refractivity contribution >= 4 is 35.2 Å². The largest absolute Gasteiger partial charge is 0.494 e. The van der Waals surface area contributed by atoms with E-state index in [2.05, 4.69) is 5.32 Å². The molecular weight excluding hydrogens is 440 g/mol. The lowest BCUT2D eigenvalue weighted by Crippen LogP contribution is -2.12. The van der Waals surface area contributed by atoms with E-state index in [1.54, 1.807) is 48.5 Å². The number of hydrogen-bond acceptors (Lipinski definition) is 5. The maximum Gasteiger partial charge on any atom is 0.354 e. The number of rotatable bonds is 8. The number of nitrogens with zero attached hydrogens (tertiary/aromatic N) is 1. The van der Waals surface area contributed by atoms with E-state index in [9.17, 15) is 14.9 Å². The third-order valence-electron chi connectivity index (χ3n) is 4.43. The van der Waals surface area contributed by atoms with Crippen molar-refractivity contribution in [3.63, 3.8) is 0 Å². The van der Waals surface area contributed by atoms with Gasteiger partial charge in [-0.05, 0) is 78.7 Å². The van der Waals surface area contributed by atoms with Crippen molar-refractivity contribution in [1.29, 1.82) is 5.26 Å². The van der Waals surface area contributed by atoms with Crippen LogP contribution in [0.5, 0.6) is 11.5 Å². The number of ether oxygens (including phenoxy) is 2. The molecule has 166 valence electrons. The van der Waals surface area contributed by atoms with Gasteiger partial charge in [0, 0.05) is 16.3 Å². The van der Waals surface area contributed by atoms with Crippen LogP contribution < -0.4 is 14.8 Å². The number of halogens is 1. The first-order valence-electron chi connectivity index (χ1n) is 10.2. The van der Waals surface area contributed by atoms with E-state index >= 15 is 0 Å². The number of hydrogen-bond donors (Lipinski definition) is 1. The average Bonchev–Trinajstić information content (AvgIpc) is 2.83. The molecule has 0 spiro atoms. The van der Waals surface area contributed by atoms with E-state index < -0.39 is 5.97 Å². The topological polar surface area (TPSA) is 88.4 Å². The molecule has 0 saturated carbocycles. The fourth-order valence-corrected chi connectivity index (χ4v) is 2.88. The highest BCUT2D eigenvalue weighted by atomic mass is 35.5. The Balaban J connectivity index is 1.62. The van der Waals surface area contributed by atoms with Gasteiger partial charge in [-0.25, -0.2) is 4.79 Å². The SMILES string of the molecule is CCCOc1ccc(/C=C(\C#N)C(=O)Oc2ccc(C(=O)Nc3ccc(Cl)cc3)cc2)cc1. The maximum atomic E-state index is 12.4. The molecule has 0 aliphatic rings. The van der Waals surface area contributed by atoms with Crippen LogP contribution in [0.1, 0.15) is 29.3 Å². The minimum Gasteiger partial charge on any atom is -0.494 e. The van der Waals surface area contributed by atoms with Gasteiger partial charge in [-0.1, -0.05) is 30.7 Å². The van der Waals surface area contributed by atoms with E-state index in [-0.39, 0.29) is 17.2 Å². The summed E-state index contributed by atoms with van der Waals surface area (Å²) in [6.07, 6.45) is 2.35. The van der Waals surface area contributed by atoms with Crippen molar-refractivity contribution < 1.29 is 19.1 Å². The van der Waals surface area contributed by atoms with Crippen LogP contribution in [0.3, 0.4) is 0 Å². The molecule has 0 bridgehead atoms. The number of anilines is 1. The average molecular weight is 461 g/mol. The predicted molar refractivity (Wildman–Crippen MR) is 127 cm³/mol. The van der Waals surface area contributed by atoms with Crippen LogP contribution in [0.4, 0.5) is 5.69 Å². The number of nitrogens with one attached hydrogen (secondary N) is 1. The Kier molecular flexibility index (Phi) is 8.23. The van der Waals surface area contributed by atoms with E-state index in [0.29, 0.717) is 28.4 Å². The van der Waals surface area contributed by atoms with E-state index in [4.69, 9.17) is 21.1 Å². The fraction of sp³-hybridized carbons (Fsp3) is 0.115. The zero-order valence-corrected chi connectivity index (χ0v) is 18.6. The molecule has 3 aromatic carbocycles. The van der Waals surface area contributed by atoms with Crippen LogP contribution in [0.25, 0.3) is 6.08 Å². The van der Waals surface area contributed by atoms with Crippen molar-refractivity contribution in [2.45, 2.75) is 13.3 Å². The molecule has 0 saturated heterocycles. The molecular formula is C26H21ClN2O4. The Morgan fingerprint density at radius 3 is 2.21 bits per heavy atom. The Hall–Kier alpha value is -4.08. The van der Waals surface area contributed by atoms with Gasteiger partial charge in [0.25, 0.3) is 5.91 Å². The molecule has 3 aromatic rings. The fourth-order valence-electron chi connectivity index (χ4n) is 2.76. The van der Waals surface area contributed by atoms with Gasteiger partial charge in [0.15, 0.2) is 0 Å². The summed E-state index contributed by atoms with van der Waals surface area (Å²) in [5.74, 6) is -0.177. The molecule has 6 nitrogen and oxygen atoms in total. The van der Waals surface area contributed by atoms with E-state index in [1.165, 1.54) is 30.3 Å². The van der Waals surface area contributed by atoms with E-state index in [0.717, 1.165) is 12.2 Å². The normalized spacial score (nSPS) is 10.8. The van der Waals surface area contributed by atoms with Gasteiger partial charge in [-0.3, -0.25) is 4.79 Å². The molecule has 7 heteroatoms. The summed E-state index contributed by atoms with van der Waals surface area (Å²) in [7, 11) is 0. The van der Waals surface area contributed by atoms with Crippen LogP contribution in [0.15, 0.2) is 78.4 Å². The van der Waals surface area contributed by atoms with Crippen LogP contribution >= 0.6 is 11.6 Å². The lowest BCUT2D eigenvalue weighted by molar-refractivity contribution is -0.129. The molecule has 1 N–H and O–H groups in total. The number of esters is 1. The molecule has 0 heterocycles. The second-order valence-corrected chi connectivity index (χ2v) is 7.40. The summed E-state index contributed by atoms with van der Waals surface area (Å²) in [5.41, 5.74) is 1.50. The van der Waals surface area contributed by atoms with Crippen LogP contribution in [-0.2, 0) is 4.79 Å². The maximum absolute atomic E-state index is 12.4. The van der Waals surface area contributed by atoms with Crippen LogP contribution in [0.2, 0.25) is 5.02 Å². The zero-order valence-electron chi connectivity index (χ0n) is 17.9. The first-order valence-corrected chi connectivity index (χ1v) is 10.6. The standard InChI is InChI=1S/C26H21ClN2O4/c1-2-15-32-23-11-3-18(4-12-23)16-20(17-28)26(31)33-24-13-5-19(6-14-24)25(30)29-22-9-7-21(27)8-10-22/h3-14,16H,2,15H2,1H3,(H,29,30)/b20-16+. The van der Waals surface area contributed by atoms with E-state index in [1.807, 2.05) is 13.0 Å². The van der Waals surface area contributed by atoms with Crippen molar-refractivity contribution in [3.05, 3.63) is 94.5 Å². The molecule has 0 atom stereocenters. The van der Waals surface area contributed by atoms with Gasteiger partial charge in [0.2, 0.25) is 0 Å². The molecule has 0 fully saturated rings. The number of nitriles is 1. The van der Waals surface area contributed by atoms with Crippen LogP contribution in [0, 0.1) is 11.3 Å². The highest BCUT2D eigenvalue weighted by molar-refractivity contribution is 6.30. The molecule has 0 unspecified atom stereocenters. The Labute approximate surface area is 197 Å². The lowest BCUT2D eigenvalue weighted by Gasteiger charge is -2.07. The third-order valence-corrected chi connectivity index (χ3v) is 4.69. The summed E-state index contributed by atoms with van der Waals surface area (Å²) in [5, 5.41) is 12.7. The van der Waals surface area contributed by atoms with Gasteiger partial charge < -0.3 is 14.8 Å². The zero-order chi connectivity index (χ0) is 23.6. The van der Waals surface area contributed by atoms with Gasteiger partial charge in [-0.2, -0.15) is 5.26 Å². The van der Waals surface area contributed by atoms with Crippen LogP contribution in [-0.4, -0.2) is 18.5 Å². The molecule has 3 rings (SSSR count). The summed E-state index contributed by atoms with van der Waals surface area (Å²) >= 11 is 5.84. The molecule has 1 amide bonds. The van der Waals surface area contributed by atoms with Gasteiger partial charge in [0.05, 0.1) is 6.61 Å². The van der Waals surface area contributed by atoms with Gasteiger partial charge in [0.1, 0.15) is 23.1 Å². The highest BCUT2D eigenvalue weighted by Crippen LogP contribution is 2.19. The molecule has 0 radical (unpaired) electrons. The first kappa shape index (κ1) is 23.6. The molecule has 0 aliphatic carbocycles. The summed E-state index contributed by atoms with van der Waals surface area (Å²) in [6, 6.07) is 21.7. The van der Waals surface area contributed by atoms with Crippen molar-refractivity contribution in [3.8, 4) is 17.6 Å². The number of benzene rings is 3. The van der Waals surface area contributed by atoms with Crippen molar-refractivity contribution in [1.82, 2.24) is 0 Å². The third kappa shape index (κ3) is 6.96. The minimum absolute atomic E-state index is 0.151. The Morgan fingerprint density at radius 2 is 1.61 bits per heavy atom. The monoisotopic (exact) mass is 460 g/mol. The van der Waals surface area contributed by atoms with Crippen molar-refractivity contribution in [2.75, 3.05) is 11.9 Å². The number of carbonyl (C=O) groups excluding carboxylic acids is 2. The van der Waals surface area contributed by atoms with Gasteiger partial charge in [-0.15, -0.1) is 0 Å². The Morgan fingerprint density at radius 1 is 0.970 bits per heavy atom. The lowest BCUT2D eigenvalue weighted by atomic mass is 10.1. The summed E-state index contributed by atoms with van der Waals surface area (Å²) < 4.78 is 10.8. The highest BCUT2D eigenvalue weighted by Gasteiger charge is 2.13. The smallest absolute Gasteiger partial charge is 0.354 e.